The molecule has 5 rings (SSSR count). The molecule has 1 saturated carbocycles. The van der Waals surface area contributed by atoms with E-state index in [1.165, 1.54) is 12.8 Å². The first kappa shape index (κ1) is 26.3. The number of phenols is 1. The highest BCUT2D eigenvalue weighted by Crippen LogP contribution is 2.63. The smallest absolute Gasteiger partial charge is 0.251 e. The van der Waals surface area contributed by atoms with Crippen LogP contribution in [-0.4, -0.2) is 89.9 Å². The summed E-state index contributed by atoms with van der Waals surface area (Å²) in [5.74, 6) is 0.212. The summed E-state index contributed by atoms with van der Waals surface area (Å²) in [6.45, 7) is 7.31. The molecule has 9 heteroatoms. The van der Waals surface area contributed by atoms with Crippen LogP contribution in [0.25, 0.3) is 0 Å². The SMILES string of the molecule is COCC(C)(COC)NC(=O)/C(C)=C(\O)[C@@H]1Oc2c(O)ccc3c2[C@@]12CCN(CC1CC1)[C@H](C3)[C@@]2(C)O. The highest BCUT2D eigenvalue weighted by molar-refractivity contribution is 5.94. The van der Waals surface area contributed by atoms with E-state index in [9.17, 15) is 20.1 Å². The first-order valence-electron chi connectivity index (χ1n) is 13.2. The van der Waals surface area contributed by atoms with Crippen molar-refractivity contribution in [3.63, 3.8) is 0 Å². The van der Waals surface area contributed by atoms with Gasteiger partial charge >= 0.3 is 0 Å². The zero-order chi connectivity index (χ0) is 26.8. The van der Waals surface area contributed by atoms with Crippen LogP contribution in [0.15, 0.2) is 23.5 Å². The second-order valence-electron chi connectivity index (χ2n) is 11.9. The molecule has 4 atom stereocenters. The predicted octanol–water partition coefficient (Wildman–Crippen LogP) is 2.18. The van der Waals surface area contributed by atoms with E-state index in [0.29, 0.717) is 24.5 Å². The molecular weight excluding hydrogens is 476 g/mol. The maximum Gasteiger partial charge on any atom is 0.251 e. The summed E-state index contributed by atoms with van der Waals surface area (Å²) in [5, 5.41) is 37.5. The second-order valence-corrected chi connectivity index (χ2v) is 11.9. The topological polar surface area (TPSA) is 121 Å². The van der Waals surface area contributed by atoms with Gasteiger partial charge in [0.2, 0.25) is 0 Å². The van der Waals surface area contributed by atoms with Gasteiger partial charge in [0.05, 0.1) is 35.3 Å². The maximum absolute atomic E-state index is 13.3. The van der Waals surface area contributed by atoms with E-state index < -0.39 is 28.6 Å². The number of methoxy groups -OCH3 is 2. The number of nitrogens with one attached hydrogen (secondary N) is 1. The number of fused-ring (bicyclic) bond motifs is 1. The molecule has 0 radical (unpaired) electrons. The lowest BCUT2D eigenvalue weighted by molar-refractivity contribution is -0.153. The Bertz CT molecular complexity index is 1110. The average molecular weight is 517 g/mol. The quantitative estimate of drug-likeness (QED) is 0.291. The Morgan fingerprint density at radius 2 is 1.95 bits per heavy atom. The number of aliphatic hydroxyl groups is 2. The molecule has 2 bridgehead atoms. The Labute approximate surface area is 218 Å². The van der Waals surface area contributed by atoms with Crippen molar-refractivity contribution >= 4 is 5.91 Å². The fraction of sp³-hybridized carbons (Fsp3) is 0.679. The summed E-state index contributed by atoms with van der Waals surface area (Å²) in [6, 6.07) is 3.36. The number of rotatable bonds is 9. The molecule has 2 fully saturated rings. The van der Waals surface area contributed by atoms with Gasteiger partial charge in [0.25, 0.3) is 5.91 Å². The molecule has 2 aliphatic carbocycles. The van der Waals surface area contributed by atoms with Gasteiger partial charge in [0, 0.05) is 32.4 Å². The average Bonchev–Trinajstić information content (AvgIpc) is 3.57. The predicted molar refractivity (Wildman–Crippen MR) is 137 cm³/mol. The number of carbonyl (C=O) groups is 1. The lowest BCUT2D eigenvalue weighted by Crippen LogP contribution is -2.73. The lowest BCUT2D eigenvalue weighted by atomic mass is 9.53. The Morgan fingerprint density at radius 1 is 1.27 bits per heavy atom. The number of hydrogen-bond acceptors (Lipinski definition) is 8. The number of benzene rings is 1. The molecule has 2 aliphatic heterocycles. The largest absolute Gasteiger partial charge is 0.508 e. The second kappa shape index (κ2) is 9.15. The van der Waals surface area contributed by atoms with Crippen LogP contribution in [0.2, 0.25) is 0 Å². The van der Waals surface area contributed by atoms with Crippen molar-refractivity contribution in [2.45, 2.75) is 75.2 Å². The van der Waals surface area contributed by atoms with Crippen LogP contribution in [0.1, 0.15) is 51.2 Å². The van der Waals surface area contributed by atoms with Gasteiger partial charge in [0.1, 0.15) is 5.76 Å². The van der Waals surface area contributed by atoms with Crippen molar-refractivity contribution in [3.8, 4) is 11.5 Å². The third-order valence-corrected chi connectivity index (χ3v) is 9.06. The van der Waals surface area contributed by atoms with Crippen LogP contribution < -0.4 is 10.1 Å². The first-order chi connectivity index (χ1) is 17.5. The number of carbonyl (C=O) groups excluding carboxylic acids is 1. The summed E-state index contributed by atoms with van der Waals surface area (Å²) in [4.78, 5) is 15.7. The van der Waals surface area contributed by atoms with Gasteiger partial charge in [-0.05, 0) is 70.5 Å². The highest BCUT2D eigenvalue weighted by Gasteiger charge is 2.69. The van der Waals surface area contributed by atoms with E-state index >= 15 is 0 Å². The molecular formula is C28H40N2O7. The minimum atomic E-state index is -1.26. The Kier molecular flexibility index (Phi) is 6.50. The van der Waals surface area contributed by atoms with Crippen LogP contribution in [0.3, 0.4) is 0 Å². The van der Waals surface area contributed by atoms with Crippen LogP contribution in [-0.2, 0) is 26.1 Å². The van der Waals surface area contributed by atoms with Gasteiger partial charge in [-0.25, -0.2) is 0 Å². The van der Waals surface area contributed by atoms with E-state index in [4.69, 9.17) is 14.2 Å². The van der Waals surface area contributed by atoms with Crippen LogP contribution >= 0.6 is 0 Å². The van der Waals surface area contributed by atoms with Crippen molar-refractivity contribution in [2.24, 2.45) is 5.92 Å². The molecule has 4 aliphatic rings. The zero-order valence-corrected chi connectivity index (χ0v) is 22.5. The van der Waals surface area contributed by atoms with E-state index in [2.05, 4.69) is 10.2 Å². The number of phenolic OH excluding ortho intramolecular Hbond substituents is 1. The van der Waals surface area contributed by atoms with E-state index in [1.54, 1.807) is 34.1 Å². The lowest BCUT2D eigenvalue weighted by Gasteiger charge is -2.59. The number of nitrogens with zero attached hydrogens (tertiary/aromatic N) is 1. The van der Waals surface area contributed by atoms with Gasteiger partial charge in [-0.3, -0.25) is 9.69 Å². The van der Waals surface area contributed by atoms with E-state index in [0.717, 1.165) is 24.2 Å². The molecule has 37 heavy (non-hydrogen) atoms. The molecule has 9 nitrogen and oxygen atoms in total. The van der Waals surface area contributed by atoms with Crippen molar-refractivity contribution in [1.29, 1.82) is 0 Å². The molecule has 0 unspecified atom stereocenters. The molecule has 1 spiro atoms. The number of amides is 1. The number of hydrogen-bond donors (Lipinski definition) is 4. The van der Waals surface area contributed by atoms with Crippen molar-refractivity contribution < 1.29 is 34.3 Å². The molecule has 204 valence electrons. The molecule has 4 N–H and O–H groups in total. The number of ether oxygens (including phenoxy) is 3. The van der Waals surface area contributed by atoms with Gasteiger partial charge in [-0.2, -0.15) is 0 Å². The maximum atomic E-state index is 13.3. The van der Waals surface area contributed by atoms with E-state index in [1.807, 2.05) is 13.0 Å². The van der Waals surface area contributed by atoms with E-state index in [-0.39, 0.29) is 36.3 Å². The third kappa shape index (κ3) is 4.02. The van der Waals surface area contributed by atoms with Gasteiger partial charge in [0.15, 0.2) is 17.6 Å². The van der Waals surface area contributed by atoms with Crippen molar-refractivity contribution in [2.75, 3.05) is 40.5 Å². The van der Waals surface area contributed by atoms with Gasteiger partial charge < -0.3 is 34.8 Å². The molecule has 2 heterocycles. The Hall–Kier alpha value is -2.33. The molecule has 1 amide bonds. The number of piperidine rings is 1. The molecule has 1 saturated heterocycles. The number of likely N-dealkylation sites (tertiary alicyclic amines) is 1. The van der Waals surface area contributed by atoms with Crippen molar-refractivity contribution in [1.82, 2.24) is 10.2 Å². The Morgan fingerprint density at radius 3 is 2.57 bits per heavy atom. The van der Waals surface area contributed by atoms with Crippen molar-refractivity contribution in [3.05, 3.63) is 34.6 Å². The summed E-state index contributed by atoms with van der Waals surface area (Å²) in [6.07, 6.45) is 2.59. The number of aromatic hydroxyl groups is 1. The standard InChI is InChI=1S/C28H40N2O7/c1-16(25(33)29-26(2,14-35-4)15-36-5)22(32)24-28-10-11-30(13-17-6-7-17)20(27(28,3)34)12-18-8-9-19(31)23(37-24)21(18)28/h8-9,17,20,24,31-32,34H,6-7,10-15H2,1-5H3,(H,29,33)/b22-16-/t20-,24+,27-,28+/m1/s1. The fourth-order valence-corrected chi connectivity index (χ4v) is 7.00. The zero-order valence-electron chi connectivity index (χ0n) is 22.5. The van der Waals surface area contributed by atoms with Crippen LogP contribution in [0, 0.1) is 5.92 Å². The summed E-state index contributed by atoms with van der Waals surface area (Å²) >= 11 is 0. The first-order valence-corrected chi connectivity index (χ1v) is 13.2. The monoisotopic (exact) mass is 516 g/mol. The molecule has 0 aromatic heterocycles. The van der Waals surface area contributed by atoms with Crippen LogP contribution in [0.5, 0.6) is 11.5 Å². The fourth-order valence-electron chi connectivity index (χ4n) is 7.00. The summed E-state index contributed by atoms with van der Waals surface area (Å²) in [5.41, 5.74) is -1.22. The summed E-state index contributed by atoms with van der Waals surface area (Å²) < 4.78 is 16.8. The number of aliphatic hydroxyl groups excluding tert-OH is 1. The molecule has 1 aromatic rings. The Balaban J connectivity index is 1.55. The third-order valence-electron chi connectivity index (χ3n) is 9.06. The van der Waals surface area contributed by atoms with Crippen LogP contribution in [0.4, 0.5) is 0 Å². The normalized spacial score (nSPS) is 31.4. The minimum absolute atomic E-state index is 0.0297. The molecule has 1 aromatic carbocycles. The van der Waals surface area contributed by atoms with Gasteiger partial charge in [-0.15, -0.1) is 0 Å². The minimum Gasteiger partial charge on any atom is -0.508 e. The highest BCUT2D eigenvalue weighted by atomic mass is 16.5. The summed E-state index contributed by atoms with van der Waals surface area (Å²) in [7, 11) is 3.09. The van der Waals surface area contributed by atoms with Gasteiger partial charge in [-0.1, -0.05) is 6.07 Å².